The molecule has 0 aromatic carbocycles. The molecule has 70 valence electrons. The molecular formula is C11H20O. The quantitative estimate of drug-likeness (QED) is 0.585. The Morgan fingerprint density at radius 3 is 2.75 bits per heavy atom. The lowest BCUT2D eigenvalue weighted by Gasteiger charge is -2.34. The molecule has 0 radical (unpaired) electrons. The molecule has 0 amide bonds. The van der Waals surface area contributed by atoms with E-state index in [1.54, 1.807) is 0 Å². The fourth-order valence-electron chi connectivity index (χ4n) is 3.01. The average Bonchev–Trinajstić information content (AvgIpc) is 2.54. The van der Waals surface area contributed by atoms with Gasteiger partial charge < -0.3 is 4.74 Å². The summed E-state index contributed by atoms with van der Waals surface area (Å²) in [5.41, 5.74) is 0.571. The van der Waals surface area contributed by atoms with Crippen molar-refractivity contribution >= 4 is 0 Å². The van der Waals surface area contributed by atoms with Gasteiger partial charge in [0, 0.05) is 6.61 Å². The Morgan fingerprint density at radius 1 is 1.33 bits per heavy atom. The first-order valence-corrected chi connectivity index (χ1v) is 5.22. The second-order valence-corrected chi connectivity index (χ2v) is 5.10. The fraction of sp³-hybridized carbons (Fsp3) is 1.00. The SMILES string of the molecule is CC(C)C1(C)CCC2COCC21. The lowest BCUT2D eigenvalue weighted by atomic mass is 9.70. The van der Waals surface area contributed by atoms with Gasteiger partial charge in [-0.25, -0.2) is 0 Å². The van der Waals surface area contributed by atoms with Gasteiger partial charge in [0.1, 0.15) is 0 Å². The van der Waals surface area contributed by atoms with E-state index < -0.39 is 0 Å². The van der Waals surface area contributed by atoms with E-state index in [9.17, 15) is 0 Å². The second-order valence-electron chi connectivity index (χ2n) is 5.10. The minimum atomic E-state index is 0.571. The fourth-order valence-corrected chi connectivity index (χ4v) is 3.01. The van der Waals surface area contributed by atoms with Crippen molar-refractivity contribution in [1.29, 1.82) is 0 Å². The number of hydrogen-bond acceptors (Lipinski definition) is 1. The smallest absolute Gasteiger partial charge is 0.0503 e. The molecular weight excluding hydrogens is 148 g/mol. The van der Waals surface area contributed by atoms with E-state index in [0.29, 0.717) is 5.41 Å². The maximum absolute atomic E-state index is 5.56. The van der Waals surface area contributed by atoms with Crippen LogP contribution in [0.4, 0.5) is 0 Å². The van der Waals surface area contributed by atoms with Crippen LogP contribution in [-0.4, -0.2) is 13.2 Å². The van der Waals surface area contributed by atoms with Crippen molar-refractivity contribution in [2.24, 2.45) is 23.2 Å². The Morgan fingerprint density at radius 2 is 2.08 bits per heavy atom. The summed E-state index contributed by atoms with van der Waals surface area (Å²) in [7, 11) is 0. The summed E-state index contributed by atoms with van der Waals surface area (Å²) < 4.78 is 5.56. The maximum Gasteiger partial charge on any atom is 0.0503 e. The third-order valence-corrected chi connectivity index (χ3v) is 4.42. The molecule has 0 aromatic rings. The van der Waals surface area contributed by atoms with Crippen LogP contribution in [0.25, 0.3) is 0 Å². The summed E-state index contributed by atoms with van der Waals surface area (Å²) in [5, 5.41) is 0. The van der Waals surface area contributed by atoms with E-state index in [1.807, 2.05) is 0 Å². The molecule has 1 heterocycles. The number of hydrogen-bond donors (Lipinski definition) is 0. The van der Waals surface area contributed by atoms with E-state index in [1.165, 1.54) is 12.8 Å². The van der Waals surface area contributed by atoms with Crippen LogP contribution in [0, 0.1) is 23.2 Å². The Labute approximate surface area is 75.5 Å². The van der Waals surface area contributed by atoms with Gasteiger partial charge in [0.25, 0.3) is 0 Å². The summed E-state index contributed by atoms with van der Waals surface area (Å²) in [6.07, 6.45) is 2.82. The normalized spacial score (nSPS) is 47.0. The largest absolute Gasteiger partial charge is 0.381 e. The average molecular weight is 168 g/mol. The number of rotatable bonds is 1. The van der Waals surface area contributed by atoms with Gasteiger partial charge in [-0.1, -0.05) is 20.8 Å². The summed E-state index contributed by atoms with van der Waals surface area (Å²) in [5.74, 6) is 2.56. The van der Waals surface area contributed by atoms with Crippen molar-refractivity contribution in [3.8, 4) is 0 Å². The van der Waals surface area contributed by atoms with Crippen molar-refractivity contribution in [2.75, 3.05) is 13.2 Å². The van der Waals surface area contributed by atoms with Gasteiger partial charge in [0.05, 0.1) is 6.61 Å². The molecule has 3 atom stereocenters. The topological polar surface area (TPSA) is 9.23 Å². The lowest BCUT2D eigenvalue weighted by molar-refractivity contribution is 0.0996. The molecule has 1 aliphatic carbocycles. The van der Waals surface area contributed by atoms with Gasteiger partial charge in [0.2, 0.25) is 0 Å². The summed E-state index contributed by atoms with van der Waals surface area (Å²) in [4.78, 5) is 0. The molecule has 1 saturated heterocycles. The van der Waals surface area contributed by atoms with Gasteiger partial charge in [-0.05, 0) is 36.0 Å². The van der Waals surface area contributed by atoms with Gasteiger partial charge >= 0.3 is 0 Å². The van der Waals surface area contributed by atoms with Crippen LogP contribution in [0.15, 0.2) is 0 Å². The predicted molar refractivity (Wildman–Crippen MR) is 50.0 cm³/mol. The van der Waals surface area contributed by atoms with Crippen LogP contribution >= 0.6 is 0 Å². The first-order valence-electron chi connectivity index (χ1n) is 5.22. The van der Waals surface area contributed by atoms with Crippen LogP contribution < -0.4 is 0 Å². The molecule has 2 aliphatic rings. The Balaban J connectivity index is 2.17. The van der Waals surface area contributed by atoms with Crippen molar-refractivity contribution in [2.45, 2.75) is 33.6 Å². The highest BCUT2D eigenvalue weighted by Gasteiger charge is 2.49. The lowest BCUT2D eigenvalue weighted by Crippen LogP contribution is -2.30. The van der Waals surface area contributed by atoms with E-state index >= 15 is 0 Å². The van der Waals surface area contributed by atoms with Crippen LogP contribution in [0.5, 0.6) is 0 Å². The van der Waals surface area contributed by atoms with Crippen LogP contribution in [0.2, 0.25) is 0 Å². The molecule has 1 nitrogen and oxygen atoms in total. The van der Waals surface area contributed by atoms with Crippen LogP contribution in [0.3, 0.4) is 0 Å². The maximum atomic E-state index is 5.56. The van der Waals surface area contributed by atoms with Gasteiger partial charge in [-0.2, -0.15) is 0 Å². The Kier molecular flexibility index (Phi) is 1.95. The summed E-state index contributed by atoms with van der Waals surface area (Å²) >= 11 is 0. The Hall–Kier alpha value is -0.0400. The minimum absolute atomic E-state index is 0.571. The first-order chi connectivity index (χ1) is 5.64. The van der Waals surface area contributed by atoms with Gasteiger partial charge in [-0.3, -0.25) is 0 Å². The van der Waals surface area contributed by atoms with Crippen LogP contribution in [0.1, 0.15) is 33.6 Å². The first kappa shape index (κ1) is 8.55. The number of fused-ring (bicyclic) bond motifs is 1. The highest BCUT2D eigenvalue weighted by atomic mass is 16.5. The van der Waals surface area contributed by atoms with Crippen molar-refractivity contribution in [3.63, 3.8) is 0 Å². The molecule has 2 fully saturated rings. The zero-order chi connectivity index (χ0) is 8.77. The van der Waals surface area contributed by atoms with Crippen molar-refractivity contribution in [3.05, 3.63) is 0 Å². The number of ether oxygens (including phenoxy) is 1. The van der Waals surface area contributed by atoms with E-state index in [4.69, 9.17) is 4.74 Å². The predicted octanol–water partition coefficient (Wildman–Crippen LogP) is 2.71. The molecule has 1 saturated carbocycles. The van der Waals surface area contributed by atoms with Crippen molar-refractivity contribution in [1.82, 2.24) is 0 Å². The van der Waals surface area contributed by atoms with Crippen LogP contribution in [-0.2, 0) is 4.74 Å². The van der Waals surface area contributed by atoms with Gasteiger partial charge in [-0.15, -0.1) is 0 Å². The molecule has 0 aromatic heterocycles. The second kappa shape index (κ2) is 2.73. The summed E-state index contributed by atoms with van der Waals surface area (Å²) in [6, 6.07) is 0. The van der Waals surface area contributed by atoms with E-state index in [-0.39, 0.29) is 0 Å². The third kappa shape index (κ3) is 1.02. The minimum Gasteiger partial charge on any atom is -0.381 e. The highest BCUT2D eigenvalue weighted by Crippen LogP contribution is 2.53. The molecule has 1 heteroatoms. The zero-order valence-corrected chi connectivity index (χ0v) is 8.47. The molecule has 0 spiro atoms. The standard InChI is InChI=1S/C11H20O/c1-8(2)11(3)5-4-9-6-12-7-10(9)11/h8-10H,4-7H2,1-3H3. The zero-order valence-electron chi connectivity index (χ0n) is 8.47. The monoisotopic (exact) mass is 168 g/mol. The Bertz CT molecular complexity index is 176. The molecule has 2 rings (SSSR count). The molecule has 0 N–H and O–H groups in total. The van der Waals surface area contributed by atoms with Crippen molar-refractivity contribution < 1.29 is 4.74 Å². The highest BCUT2D eigenvalue weighted by molar-refractivity contribution is 4.97. The van der Waals surface area contributed by atoms with E-state index in [2.05, 4.69) is 20.8 Å². The third-order valence-electron chi connectivity index (χ3n) is 4.42. The molecule has 0 bridgehead atoms. The van der Waals surface area contributed by atoms with Gasteiger partial charge in [0.15, 0.2) is 0 Å². The summed E-state index contributed by atoms with van der Waals surface area (Å²) in [6.45, 7) is 9.24. The van der Waals surface area contributed by atoms with E-state index in [0.717, 1.165) is 31.0 Å². The molecule has 3 unspecified atom stereocenters. The molecule has 12 heavy (non-hydrogen) atoms. The molecule has 1 aliphatic heterocycles.